The van der Waals surface area contributed by atoms with Crippen molar-refractivity contribution in [2.45, 2.75) is 32.9 Å². The molecule has 37 heavy (non-hydrogen) atoms. The lowest BCUT2D eigenvalue weighted by molar-refractivity contribution is -0.132. The molecular weight excluding hydrogens is 494 g/mol. The van der Waals surface area contributed by atoms with Crippen molar-refractivity contribution in [3.63, 3.8) is 0 Å². The van der Waals surface area contributed by atoms with Crippen molar-refractivity contribution in [3.8, 4) is 5.75 Å². The molecule has 1 saturated heterocycles. The Bertz CT molecular complexity index is 1380. The first-order valence-electron chi connectivity index (χ1n) is 11.8. The number of Topliss-reactive ketones (excluding diaryl/α,β-unsaturated/α-hetero) is 1. The molecule has 8 heteroatoms. The van der Waals surface area contributed by atoms with E-state index in [2.05, 4.69) is 0 Å². The Morgan fingerprint density at radius 3 is 2.41 bits per heavy atom. The van der Waals surface area contributed by atoms with Crippen LogP contribution in [-0.2, 0) is 14.3 Å². The monoisotopic (exact) mass is 519 g/mol. The standard InChI is InChI=1S/C29H26ClNO6/c1-4-36-23-16-19(13-14-22(23)30)26(32)24-25(18-9-6-5-7-10-18)31(28(34)27(24)33)21-12-8-11-20(15-21)29(35)37-17(2)3/h5-17,25,32H,4H2,1-3H3/b26-24+. The molecule has 0 spiro atoms. The van der Waals surface area contributed by atoms with Crippen molar-refractivity contribution in [2.75, 3.05) is 11.5 Å². The van der Waals surface area contributed by atoms with E-state index in [1.54, 1.807) is 75.4 Å². The molecular formula is C29H26ClNO6. The maximum atomic E-state index is 13.4. The van der Waals surface area contributed by atoms with Crippen LogP contribution in [0.1, 0.15) is 48.3 Å². The molecule has 0 bridgehead atoms. The second-order valence-corrected chi connectivity index (χ2v) is 9.07. The van der Waals surface area contributed by atoms with Crippen LogP contribution >= 0.6 is 11.6 Å². The molecule has 3 aromatic carbocycles. The highest BCUT2D eigenvalue weighted by Gasteiger charge is 2.47. The van der Waals surface area contributed by atoms with Gasteiger partial charge in [-0.2, -0.15) is 0 Å². The summed E-state index contributed by atoms with van der Waals surface area (Å²) in [4.78, 5) is 40.6. The number of carbonyl (C=O) groups is 3. The normalized spacial score (nSPS) is 16.8. The number of carbonyl (C=O) groups excluding carboxylic acids is 3. The maximum absolute atomic E-state index is 13.4. The van der Waals surface area contributed by atoms with E-state index in [1.165, 1.54) is 17.0 Å². The predicted octanol–water partition coefficient (Wildman–Crippen LogP) is 5.93. The number of anilines is 1. The molecule has 1 unspecified atom stereocenters. The zero-order valence-corrected chi connectivity index (χ0v) is 21.4. The lowest BCUT2D eigenvalue weighted by atomic mass is 9.95. The van der Waals surface area contributed by atoms with Crippen molar-refractivity contribution >= 4 is 40.7 Å². The summed E-state index contributed by atoms with van der Waals surface area (Å²) in [5, 5.41) is 11.7. The molecule has 0 radical (unpaired) electrons. The van der Waals surface area contributed by atoms with E-state index in [1.807, 2.05) is 6.07 Å². The molecule has 0 saturated carbocycles. The van der Waals surface area contributed by atoms with Crippen LogP contribution < -0.4 is 9.64 Å². The summed E-state index contributed by atoms with van der Waals surface area (Å²) in [6.07, 6.45) is -0.323. The molecule has 1 aliphatic rings. The van der Waals surface area contributed by atoms with E-state index < -0.39 is 23.7 Å². The third-order valence-corrected chi connectivity index (χ3v) is 6.08. The topological polar surface area (TPSA) is 93.1 Å². The smallest absolute Gasteiger partial charge is 0.338 e. The quantitative estimate of drug-likeness (QED) is 0.180. The molecule has 0 aromatic heterocycles. The minimum absolute atomic E-state index is 0.0869. The van der Waals surface area contributed by atoms with E-state index in [4.69, 9.17) is 21.1 Å². The predicted molar refractivity (Wildman–Crippen MR) is 141 cm³/mol. The van der Waals surface area contributed by atoms with Crippen LogP contribution in [0.3, 0.4) is 0 Å². The average molecular weight is 520 g/mol. The zero-order chi connectivity index (χ0) is 26.7. The fraction of sp³-hybridized carbons (Fsp3) is 0.207. The number of ketones is 1. The Morgan fingerprint density at radius 2 is 1.73 bits per heavy atom. The van der Waals surface area contributed by atoms with E-state index >= 15 is 0 Å². The number of rotatable bonds is 7. The number of nitrogens with zero attached hydrogens (tertiary/aromatic N) is 1. The minimum atomic E-state index is -0.941. The van der Waals surface area contributed by atoms with Gasteiger partial charge in [0, 0.05) is 11.3 Å². The lowest BCUT2D eigenvalue weighted by Gasteiger charge is -2.26. The van der Waals surface area contributed by atoms with Crippen LogP contribution in [0.2, 0.25) is 5.02 Å². The number of benzene rings is 3. The number of esters is 1. The van der Waals surface area contributed by atoms with Crippen LogP contribution in [0.5, 0.6) is 5.75 Å². The summed E-state index contributed by atoms with van der Waals surface area (Å²) in [5.74, 6) is -2.25. The number of aliphatic hydroxyl groups excluding tert-OH is 1. The van der Waals surface area contributed by atoms with Gasteiger partial charge in [-0.3, -0.25) is 14.5 Å². The zero-order valence-electron chi connectivity index (χ0n) is 20.6. The third-order valence-electron chi connectivity index (χ3n) is 5.77. The first kappa shape index (κ1) is 26.0. The van der Waals surface area contributed by atoms with E-state index in [-0.39, 0.29) is 28.6 Å². The van der Waals surface area contributed by atoms with Gasteiger partial charge < -0.3 is 14.6 Å². The van der Waals surface area contributed by atoms with Crippen LogP contribution in [0.4, 0.5) is 5.69 Å². The Morgan fingerprint density at radius 1 is 1.00 bits per heavy atom. The Labute approximate surface area is 219 Å². The van der Waals surface area contributed by atoms with E-state index in [0.29, 0.717) is 28.6 Å². The highest BCUT2D eigenvalue weighted by molar-refractivity contribution is 6.51. The van der Waals surface area contributed by atoms with E-state index in [9.17, 15) is 19.5 Å². The van der Waals surface area contributed by atoms with Crippen molar-refractivity contribution in [1.82, 2.24) is 0 Å². The molecule has 1 aliphatic heterocycles. The Kier molecular flexibility index (Phi) is 7.64. The van der Waals surface area contributed by atoms with Crippen LogP contribution in [0.15, 0.2) is 78.4 Å². The number of hydrogen-bond acceptors (Lipinski definition) is 6. The highest BCUT2D eigenvalue weighted by atomic mass is 35.5. The Balaban J connectivity index is 1.88. The summed E-state index contributed by atoms with van der Waals surface area (Å²) in [6.45, 7) is 5.63. The number of halogens is 1. The van der Waals surface area contributed by atoms with Crippen LogP contribution in [0.25, 0.3) is 5.76 Å². The van der Waals surface area contributed by atoms with Gasteiger partial charge in [-0.1, -0.05) is 48.0 Å². The summed E-state index contributed by atoms with van der Waals surface area (Å²) in [5.41, 5.74) is 1.35. The van der Waals surface area contributed by atoms with E-state index in [0.717, 1.165) is 0 Å². The molecule has 1 fully saturated rings. The third kappa shape index (κ3) is 5.22. The first-order chi connectivity index (χ1) is 17.7. The fourth-order valence-corrected chi connectivity index (χ4v) is 4.36. The van der Waals surface area contributed by atoms with Crippen molar-refractivity contribution < 1.29 is 29.0 Å². The van der Waals surface area contributed by atoms with Gasteiger partial charge in [-0.25, -0.2) is 4.79 Å². The van der Waals surface area contributed by atoms with Gasteiger partial charge >= 0.3 is 5.97 Å². The molecule has 190 valence electrons. The van der Waals surface area contributed by atoms with Crippen molar-refractivity contribution in [2.24, 2.45) is 0 Å². The lowest BCUT2D eigenvalue weighted by Crippen LogP contribution is -2.29. The van der Waals surface area contributed by atoms with Gasteiger partial charge in [0.2, 0.25) is 0 Å². The van der Waals surface area contributed by atoms with Gasteiger partial charge in [-0.05, 0) is 62.7 Å². The highest BCUT2D eigenvalue weighted by Crippen LogP contribution is 2.43. The molecule has 3 aromatic rings. The molecule has 1 heterocycles. The number of aliphatic hydroxyl groups is 1. The average Bonchev–Trinajstić information content (AvgIpc) is 3.15. The van der Waals surface area contributed by atoms with Gasteiger partial charge in [0.05, 0.1) is 34.9 Å². The molecule has 1 atom stereocenters. The minimum Gasteiger partial charge on any atom is -0.507 e. The second-order valence-electron chi connectivity index (χ2n) is 8.66. The number of ether oxygens (including phenoxy) is 2. The first-order valence-corrected chi connectivity index (χ1v) is 12.2. The molecule has 1 N–H and O–H groups in total. The summed E-state index contributed by atoms with van der Waals surface area (Å²) in [7, 11) is 0. The van der Waals surface area contributed by atoms with Crippen molar-refractivity contribution in [1.29, 1.82) is 0 Å². The van der Waals surface area contributed by atoms with Gasteiger partial charge in [0.15, 0.2) is 0 Å². The van der Waals surface area contributed by atoms with Gasteiger partial charge in [-0.15, -0.1) is 0 Å². The molecule has 4 rings (SSSR count). The number of hydrogen-bond donors (Lipinski definition) is 1. The SMILES string of the molecule is CCOc1cc(/C(O)=C2\C(=O)C(=O)N(c3cccc(C(=O)OC(C)C)c3)C2c2ccccc2)ccc1Cl. The van der Waals surface area contributed by atoms with Crippen LogP contribution in [-0.4, -0.2) is 35.5 Å². The van der Waals surface area contributed by atoms with Gasteiger partial charge in [0.25, 0.3) is 11.7 Å². The second kappa shape index (κ2) is 10.9. The fourth-order valence-electron chi connectivity index (χ4n) is 4.19. The van der Waals surface area contributed by atoms with Gasteiger partial charge in [0.1, 0.15) is 11.5 Å². The molecule has 1 amide bonds. The molecule has 0 aliphatic carbocycles. The van der Waals surface area contributed by atoms with Crippen LogP contribution in [0, 0.1) is 0 Å². The Hall–Kier alpha value is -4.10. The maximum Gasteiger partial charge on any atom is 0.338 e. The number of amides is 1. The summed E-state index contributed by atoms with van der Waals surface area (Å²) >= 11 is 6.20. The summed E-state index contributed by atoms with van der Waals surface area (Å²) in [6, 6.07) is 18.9. The molecule has 7 nitrogen and oxygen atoms in total. The van der Waals surface area contributed by atoms with Crippen molar-refractivity contribution in [3.05, 3.63) is 100 Å². The summed E-state index contributed by atoms with van der Waals surface area (Å²) < 4.78 is 10.8. The largest absolute Gasteiger partial charge is 0.507 e.